The SMILES string of the molecule is COc1ccccc1NC(=O)CSc1nc2sc3c(c2c(=O)n1-c1cccc(C)c1)CC(C)(C)OC3. The van der Waals surface area contributed by atoms with Gasteiger partial charge in [0.25, 0.3) is 5.56 Å². The molecule has 186 valence electrons. The number of benzene rings is 2. The van der Waals surface area contributed by atoms with E-state index in [1.54, 1.807) is 23.8 Å². The number of para-hydroxylation sites is 2. The Hall–Kier alpha value is -3.14. The number of methoxy groups -OCH3 is 1. The van der Waals surface area contributed by atoms with E-state index in [0.717, 1.165) is 21.7 Å². The number of amides is 1. The molecule has 0 saturated carbocycles. The van der Waals surface area contributed by atoms with Crippen LogP contribution in [0.25, 0.3) is 15.9 Å². The first-order valence-corrected chi connectivity index (χ1v) is 13.4. The maximum Gasteiger partial charge on any atom is 0.267 e. The topological polar surface area (TPSA) is 82.5 Å². The number of hydrogen-bond donors (Lipinski definition) is 1. The molecule has 1 N–H and O–H groups in total. The molecule has 36 heavy (non-hydrogen) atoms. The highest BCUT2D eigenvalue weighted by atomic mass is 32.2. The van der Waals surface area contributed by atoms with Crippen LogP contribution in [0.15, 0.2) is 58.5 Å². The number of rotatable bonds is 6. The maximum absolute atomic E-state index is 14.0. The fourth-order valence-electron chi connectivity index (χ4n) is 4.33. The summed E-state index contributed by atoms with van der Waals surface area (Å²) in [5.41, 5.74) is 2.92. The number of anilines is 1. The van der Waals surface area contributed by atoms with Crippen LogP contribution in [0, 0.1) is 6.92 Å². The molecular formula is C27H27N3O4S2. The second-order valence-electron chi connectivity index (χ2n) is 9.32. The lowest BCUT2D eigenvalue weighted by Crippen LogP contribution is -2.32. The lowest BCUT2D eigenvalue weighted by atomic mass is 9.94. The van der Waals surface area contributed by atoms with Crippen molar-refractivity contribution in [2.75, 3.05) is 18.2 Å². The Bertz CT molecular complexity index is 1520. The first-order chi connectivity index (χ1) is 17.3. The number of hydrogen-bond acceptors (Lipinski definition) is 7. The number of thiophene rings is 1. The quantitative estimate of drug-likeness (QED) is 0.272. The second-order valence-corrected chi connectivity index (χ2v) is 11.3. The van der Waals surface area contributed by atoms with E-state index in [9.17, 15) is 9.59 Å². The highest BCUT2D eigenvalue weighted by Gasteiger charge is 2.31. The molecule has 2 aromatic carbocycles. The average molecular weight is 522 g/mol. The van der Waals surface area contributed by atoms with Gasteiger partial charge in [0.1, 0.15) is 10.6 Å². The van der Waals surface area contributed by atoms with Crippen molar-refractivity contribution in [3.05, 3.63) is 74.9 Å². The minimum atomic E-state index is -0.342. The first kappa shape index (κ1) is 24.5. The Morgan fingerprint density at radius 2 is 2.06 bits per heavy atom. The van der Waals surface area contributed by atoms with Gasteiger partial charge in [-0.3, -0.25) is 14.2 Å². The summed E-state index contributed by atoms with van der Waals surface area (Å²) in [6, 6.07) is 15.0. The lowest BCUT2D eigenvalue weighted by molar-refractivity contribution is -0.113. The van der Waals surface area contributed by atoms with Gasteiger partial charge in [-0.1, -0.05) is 36.0 Å². The number of thioether (sulfide) groups is 1. The fraction of sp³-hybridized carbons (Fsp3) is 0.296. The third-order valence-corrected chi connectivity index (χ3v) is 8.09. The third kappa shape index (κ3) is 4.78. The van der Waals surface area contributed by atoms with Crippen molar-refractivity contribution in [1.82, 2.24) is 9.55 Å². The normalized spacial score (nSPS) is 14.4. The zero-order valence-electron chi connectivity index (χ0n) is 20.6. The van der Waals surface area contributed by atoms with Gasteiger partial charge in [-0.05, 0) is 56.2 Å². The van der Waals surface area contributed by atoms with Gasteiger partial charge in [-0.2, -0.15) is 0 Å². The Balaban J connectivity index is 1.54. The van der Waals surface area contributed by atoms with Crippen molar-refractivity contribution in [3.8, 4) is 11.4 Å². The molecule has 3 heterocycles. The molecule has 7 nitrogen and oxygen atoms in total. The summed E-state index contributed by atoms with van der Waals surface area (Å²) in [5.74, 6) is 0.458. The molecule has 0 fully saturated rings. The number of ether oxygens (including phenoxy) is 2. The average Bonchev–Trinajstić information content (AvgIpc) is 3.19. The van der Waals surface area contributed by atoms with Crippen LogP contribution in [-0.4, -0.2) is 33.9 Å². The van der Waals surface area contributed by atoms with Gasteiger partial charge in [-0.25, -0.2) is 4.98 Å². The molecule has 0 saturated heterocycles. The summed E-state index contributed by atoms with van der Waals surface area (Å²) in [6.07, 6.45) is 0.654. The van der Waals surface area contributed by atoms with Crippen LogP contribution in [-0.2, 0) is 22.6 Å². The van der Waals surface area contributed by atoms with E-state index in [0.29, 0.717) is 39.8 Å². The molecule has 0 atom stereocenters. The summed E-state index contributed by atoms with van der Waals surface area (Å²) < 4.78 is 12.9. The number of fused-ring (bicyclic) bond motifs is 3. The van der Waals surface area contributed by atoms with E-state index in [1.807, 2.05) is 57.2 Å². The van der Waals surface area contributed by atoms with Crippen LogP contribution >= 0.6 is 23.1 Å². The standard InChI is InChI=1S/C27H27N3O4S2/c1-16-8-7-9-17(12-16)30-25(32)23-18-13-27(2,3)34-14-21(18)36-24(23)29-26(30)35-15-22(31)28-19-10-5-6-11-20(19)33-4/h5-12H,13-15H2,1-4H3,(H,28,31). The van der Waals surface area contributed by atoms with Gasteiger partial charge in [-0.15, -0.1) is 11.3 Å². The van der Waals surface area contributed by atoms with Gasteiger partial charge in [0.05, 0.1) is 41.8 Å². The van der Waals surface area contributed by atoms with Gasteiger partial charge >= 0.3 is 0 Å². The van der Waals surface area contributed by atoms with Crippen molar-refractivity contribution in [2.45, 2.75) is 44.6 Å². The van der Waals surface area contributed by atoms with Gasteiger partial charge in [0.2, 0.25) is 5.91 Å². The molecule has 9 heteroatoms. The predicted molar refractivity (Wildman–Crippen MR) is 145 cm³/mol. The van der Waals surface area contributed by atoms with Crippen LogP contribution in [0.1, 0.15) is 29.9 Å². The van der Waals surface area contributed by atoms with Crippen LogP contribution < -0.4 is 15.6 Å². The number of aromatic nitrogens is 2. The number of nitrogens with zero attached hydrogens (tertiary/aromatic N) is 2. The molecule has 1 amide bonds. The predicted octanol–water partition coefficient (Wildman–Crippen LogP) is 5.35. The van der Waals surface area contributed by atoms with E-state index in [2.05, 4.69) is 5.32 Å². The summed E-state index contributed by atoms with van der Waals surface area (Å²) in [5, 5.41) is 4.01. The maximum atomic E-state index is 14.0. The van der Waals surface area contributed by atoms with Crippen LogP contribution in [0.3, 0.4) is 0 Å². The third-order valence-electron chi connectivity index (χ3n) is 6.05. The van der Waals surface area contributed by atoms with Crippen molar-refractivity contribution in [1.29, 1.82) is 0 Å². The molecule has 5 rings (SSSR count). The van der Waals surface area contributed by atoms with Crippen molar-refractivity contribution in [3.63, 3.8) is 0 Å². The smallest absolute Gasteiger partial charge is 0.267 e. The second kappa shape index (κ2) is 9.72. The van der Waals surface area contributed by atoms with E-state index >= 15 is 0 Å². The minimum Gasteiger partial charge on any atom is -0.495 e. The Morgan fingerprint density at radius 1 is 1.25 bits per heavy atom. The Labute approximate surface area is 217 Å². The molecule has 0 radical (unpaired) electrons. The molecule has 0 bridgehead atoms. The summed E-state index contributed by atoms with van der Waals surface area (Å²) in [4.78, 5) is 33.4. The Morgan fingerprint density at radius 3 is 2.83 bits per heavy atom. The van der Waals surface area contributed by atoms with Crippen LogP contribution in [0.5, 0.6) is 5.75 Å². The molecule has 1 aliphatic heterocycles. The monoisotopic (exact) mass is 521 g/mol. The van der Waals surface area contributed by atoms with Gasteiger partial charge in [0, 0.05) is 11.3 Å². The first-order valence-electron chi connectivity index (χ1n) is 11.6. The van der Waals surface area contributed by atoms with Crippen molar-refractivity contribution < 1.29 is 14.3 Å². The van der Waals surface area contributed by atoms with E-state index in [-0.39, 0.29) is 22.8 Å². The zero-order valence-corrected chi connectivity index (χ0v) is 22.2. The fourth-order valence-corrected chi connectivity index (χ4v) is 6.29. The number of carbonyl (C=O) groups excluding carboxylic acids is 1. The molecule has 0 spiro atoms. The van der Waals surface area contributed by atoms with E-state index in [1.165, 1.54) is 23.1 Å². The summed E-state index contributed by atoms with van der Waals surface area (Å²) >= 11 is 2.74. The summed E-state index contributed by atoms with van der Waals surface area (Å²) in [6.45, 7) is 6.53. The molecule has 0 unspecified atom stereocenters. The number of carbonyl (C=O) groups is 1. The molecule has 0 aliphatic carbocycles. The van der Waals surface area contributed by atoms with Gasteiger partial charge < -0.3 is 14.8 Å². The van der Waals surface area contributed by atoms with Crippen LogP contribution in [0.4, 0.5) is 5.69 Å². The highest BCUT2D eigenvalue weighted by molar-refractivity contribution is 7.99. The van der Waals surface area contributed by atoms with Crippen molar-refractivity contribution >= 4 is 44.9 Å². The Kier molecular flexibility index (Phi) is 6.63. The molecular weight excluding hydrogens is 494 g/mol. The number of aryl methyl sites for hydroxylation is 1. The minimum absolute atomic E-state index is 0.0864. The zero-order chi connectivity index (χ0) is 25.4. The van der Waals surface area contributed by atoms with Crippen LogP contribution in [0.2, 0.25) is 0 Å². The summed E-state index contributed by atoms with van der Waals surface area (Å²) in [7, 11) is 1.56. The van der Waals surface area contributed by atoms with E-state index < -0.39 is 0 Å². The number of nitrogens with one attached hydrogen (secondary N) is 1. The highest BCUT2D eigenvalue weighted by Crippen LogP contribution is 2.38. The lowest BCUT2D eigenvalue weighted by Gasteiger charge is -2.29. The van der Waals surface area contributed by atoms with Gasteiger partial charge in [0.15, 0.2) is 5.16 Å². The van der Waals surface area contributed by atoms with E-state index in [4.69, 9.17) is 14.5 Å². The molecule has 2 aromatic heterocycles. The molecule has 1 aliphatic rings. The molecule has 4 aromatic rings. The largest absolute Gasteiger partial charge is 0.495 e. The van der Waals surface area contributed by atoms with Crippen molar-refractivity contribution in [2.24, 2.45) is 0 Å².